The van der Waals surface area contributed by atoms with Gasteiger partial charge < -0.3 is 20.3 Å². The minimum absolute atomic E-state index is 0.00616. The van der Waals surface area contributed by atoms with Crippen LogP contribution in [0.25, 0.3) is 15.7 Å². The summed E-state index contributed by atoms with van der Waals surface area (Å²) >= 11 is 0. The summed E-state index contributed by atoms with van der Waals surface area (Å²) < 4.78 is 22.9. The number of carbonyl (C=O) groups excluding carboxylic acids is 1. The molecule has 1 aliphatic carbocycles. The van der Waals surface area contributed by atoms with Crippen LogP contribution in [0.2, 0.25) is 0 Å². The fraction of sp³-hybridized carbons (Fsp3) is 0.286. The zero-order valence-corrected chi connectivity index (χ0v) is 20.9. The third kappa shape index (κ3) is 4.41. The van der Waals surface area contributed by atoms with Gasteiger partial charge in [0.2, 0.25) is 11.8 Å². The van der Waals surface area contributed by atoms with Crippen LogP contribution in [0.1, 0.15) is 23.3 Å². The van der Waals surface area contributed by atoms with Gasteiger partial charge in [0.25, 0.3) is 5.69 Å². The van der Waals surface area contributed by atoms with Crippen molar-refractivity contribution in [3.63, 3.8) is 0 Å². The fourth-order valence-electron chi connectivity index (χ4n) is 4.79. The average Bonchev–Trinajstić information content (AvgIpc) is 3.73. The normalized spacial score (nSPS) is 15.3. The smallest absolute Gasteiger partial charge is 0.288 e. The van der Waals surface area contributed by atoms with E-state index in [9.17, 15) is 4.79 Å². The first kappa shape index (κ1) is 23.9. The van der Waals surface area contributed by atoms with Crippen LogP contribution in [0, 0.1) is 25.2 Å². The van der Waals surface area contributed by atoms with Gasteiger partial charge in [0.05, 0.1) is 12.1 Å². The van der Waals surface area contributed by atoms with E-state index in [4.69, 9.17) is 11.3 Å². The van der Waals surface area contributed by atoms with Crippen molar-refractivity contribution < 1.29 is 13.9 Å². The summed E-state index contributed by atoms with van der Waals surface area (Å²) in [5.41, 5.74) is 3.09. The summed E-state index contributed by atoms with van der Waals surface area (Å²) in [7, 11) is 0. The lowest BCUT2D eigenvalue weighted by molar-refractivity contribution is 0.0889. The Morgan fingerprint density at radius 1 is 1.16 bits per heavy atom. The largest absolute Gasteiger partial charge is 0.446 e. The van der Waals surface area contributed by atoms with Gasteiger partial charge >= 0.3 is 0 Å². The molecule has 3 heterocycles. The summed E-state index contributed by atoms with van der Waals surface area (Å²) in [5.74, 6) is -0.483. The summed E-state index contributed by atoms with van der Waals surface area (Å²) in [5, 5.41) is 6.78. The van der Waals surface area contributed by atoms with Crippen LogP contribution >= 0.6 is 0 Å². The number of anilines is 3. The van der Waals surface area contributed by atoms with Crippen molar-refractivity contribution >= 4 is 39.7 Å². The van der Waals surface area contributed by atoms with E-state index in [1.807, 2.05) is 24.3 Å². The standard InChI is InChI=1S/C28H26FN7O2/c1-17-15-21-22(36(17)28(37)18-3-4-18)9-10-23(24(21)29)38-27-25(30-2)26(32-16-33-27)34-19-5-7-20(8-6-19)35-13-11-31-12-14-35/h5-10,15-16,18,31H,3-4,11-14H2,1H3,(H,32,33,34). The quantitative estimate of drug-likeness (QED) is 0.334. The SMILES string of the molecule is [C-]#[N+]c1c(Nc2ccc(N3CCNCC3)cc2)ncnc1Oc1ccc2c(cc(C)n2C(=O)C2CC2)c1F. The second-order valence-corrected chi connectivity index (χ2v) is 9.54. The Bertz CT molecular complexity index is 1570. The number of nitrogens with one attached hydrogen (secondary N) is 2. The van der Waals surface area contributed by atoms with E-state index < -0.39 is 5.82 Å². The minimum atomic E-state index is -0.611. The number of aryl methyl sites for hydroxylation is 1. The zero-order valence-electron chi connectivity index (χ0n) is 20.9. The topological polar surface area (TPSA) is 88.7 Å². The predicted octanol–water partition coefficient (Wildman–Crippen LogP) is 5.43. The van der Waals surface area contributed by atoms with Crippen molar-refractivity contribution in [3.8, 4) is 11.6 Å². The lowest BCUT2D eigenvalue weighted by atomic mass is 10.2. The van der Waals surface area contributed by atoms with Crippen LogP contribution < -0.4 is 20.3 Å². The van der Waals surface area contributed by atoms with Crippen LogP contribution in [-0.2, 0) is 0 Å². The molecule has 0 spiro atoms. The predicted molar refractivity (Wildman–Crippen MR) is 143 cm³/mol. The third-order valence-electron chi connectivity index (χ3n) is 6.93. The Morgan fingerprint density at radius 3 is 2.63 bits per heavy atom. The van der Waals surface area contributed by atoms with Gasteiger partial charge in [-0.25, -0.2) is 19.2 Å². The lowest BCUT2D eigenvalue weighted by Gasteiger charge is -2.29. The molecule has 2 fully saturated rings. The second kappa shape index (κ2) is 9.76. The molecule has 9 nitrogen and oxygen atoms in total. The van der Waals surface area contributed by atoms with Crippen LogP contribution in [0.3, 0.4) is 0 Å². The number of carbonyl (C=O) groups is 1. The number of nitrogens with zero attached hydrogens (tertiary/aromatic N) is 5. The second-order valence-electron chi connectivity index (χ2n) is 9.54. The summed E-state index contributed by atoms with van der Waals surface area (Å²) in [6.45, 7) is 13.3. The molecule has 4 aromatic rings. The summed E-state index contributed by atoms with van der Waals surface area (Å²) in [6.07, 6.45) is 3.00. The van der Waals surface area contributed by atoms with E-state index in [1.54, 1.807) is 23.6 Å². The Labute approximate surface area is 219 Å². The number of rotatable bonds is 6. The summed E-state index contributed by atoms with van der Waals surface area (Å²) in [4.78, 5) is 26.9. The highest BCUT2D eigenvalue weighted by molar-refractivity contribution is 5.96. The maximum Gasteiger partial charge on any atom is 0.288 e. The molecule has 10 heteroatoms. The number of hydrogen-bond donors (Lipinski definition) is 2. The van der Waals surface area contributed by atoms with Crippen molar-refractivity contribution in [2.75, 3.05) is 36.4 Å². The third-order valence-corrected chi connectivity index (χ3v) is 6.93. The molecule has 1 saturated heterocycles. The Morgan fingerprint density at radius 2 is 1.92 bits per heavy atom. The molecular weight excluding hydrogens is 485 g/mol. The van der Waals surface area contributed by atoms with E-state index in [-0.39, 0.29) is 40.3 Å². The number of benzene rings is 2. The maximum atomic E-state index is 15.5. The molecule has 0 amide bonds. The van der Waals surface area contributed by atoms with Gasteiger partial charge in [0.1, 0.15) is 12.1 Å². The van der Waals surface area contributed by atoms with Crippen LogP contribution in [0.5, 0.6) is 11.6 Å². The van der Waals surface area contributed by atoms with Crippen molar-refractivity contribution in [3.05, 3.63) is 71.7 Å². The van der Waals surface area contributed by atoms with Crippen molar-refractivity contribution in [2.45, 2.75) is 19.8 Å². The molecule has 38 heavy (non-hydrogen) atoms. The maximum absolute atomic E-state index is 15.5. The molecule has 0 radical (unpaired) electrons. The molecule has 192 valence electrons. The van der Waals surface area contributed by atoms with Gasteiger partial charge in [-0.1, -0.05) is 0 Å². The molecule has 1 aliphatic heterocycles. The molecular formula is C28H26FN7O2. The number of hydrogen-bond acceptors (Lipinski definition) is 7. The Kier molecular flexibility index (Phi) is 6.13. The van der Waals surface area contributed by atoms with Crippen LogP contribution in [-0.4, -0.2) is 46.6 Å². The van der Waals surface area contributed by atoms with Gasteiger partial charge in [0.15, 0.2) is 11.6 Å². The highest BCUT2D eigenvalue weighted by Crippen LogP contribution is 2.39. The van der Waals surface area contributed by atoms with Gasteiger partial charge in [-0.3, -0.25) is 9.36 Å². The molecule has 0 atom stereocenters. The number of fused-ring (bicyclic) bond motifs is 1. The average molecular weight is 512 g/mol. The molecule has 1 saturated carbocycles. The van der Waals surface area contributed by atoms with Crippen molar-refractivity contribution in [1.82, 2.24) is 19.9 Å². The van der Waals surface area contributed by atoms with Gasteiger partial charge in [-0.05, 0) is 62.2 Å². The van der Waals surface area contributed by atoms with Crippen molar-refractivity contribution in [2.24, 2.45) is 5.92 Å². The molecule has 2 aromatic carbocycles. The van der Waals surface area contributed by atoms with E-state index in [0.29, 0.717) is 11.2 Å². The molecule has 6 rings (SSSR count). The van der Waals surface area contributed by atoms with Crippen molar-refractivity contribution in [1.29, 1.82) is 0 Å². The first-order chi connectivity index (χ1) is 18.5. The van der Waals surface area contributed by atoms with E-state index in [2.05, 4.69) is 30.3 Å². The van der Waals surface area contributed by atoms with E-state index in [0.717, 1.165) is 50.4 Å². The number of halogens is 1. The Hall–Kier alpha value is -4.49. The zero-order chi connectivity index (χ0) is 26.2. The molecule has 2 aliphatic rings. The molecule has 2 aromatic heterocycles. The van der Waals surface area contributed by atoms with Gasteiger partial charge in [-0.15, -0.1) is 0 Å². The van der Waals surface area contributed by atoms with E-state index in [1.165, 1.54) is 12.4 Å². The fourth-order valence-corrected chi connectivity index (χ4v) is 4.79. The highest BCUT2D eigenvalue weighted by atomic mass is 19.1. The van der Waals surface area contributed by atoms with Gasteiger partial charge in [-0.2, -0.15) is 0 Å². The number of ether oxygens (including phenoxy) is 1. The first-order valence-electron chi connectivity index (χ1n) is 12.6. The molecule has 0 unspecified atom stereocenters. The van der Waals surface area contributed by atoms with Gasteiger partial charge in [0, 0.05) is 54.6 Å². The summed E-state index contributed by atoms with van der Waals surface area (Å²) in [6, 6.07) is 12.7. The first-order valence-corrected chi connectivity index (χ1v) is 12.6. The number of piperazine rings is 1. The minimum Gasteiger partial charge on any atom is -0.446 e. The Balaban J connectivity index is 1.26. The lowest BCUT2D eigenvalue weighted by Crippen LogP contribution is -2.43. The number of aromatic nitrogens is 3. The highest BCUT2D eigenvalue weighted by Gasteiger charge is 2.32. The molecule has 2 N–H and O–H groups in total. The molecule has 0 bridgehead atoms. The van der Waals surface area contributed by atoms with Crippen LogP contribution in [0.4, 0.5) is 27.3 Å². The monoisotopic (exact) mass is 511 g/mol. The van der Waals surface area contributed by atoms with E-state index >= 15 is 4.39 Å². The van der Waals surface area contributed by atoms with Crippen LogP contribution in [0.15, 0.2) is 48.8 Å².